The maximum atomic E-state index is 12.7. The molecule has 0 radical (unpaired) electrons. The van der Waals surface area contributed by atoms with Crippen LogP contribution in [0.3, 0.4) is 0 Å². The summed E-state index contributed by atoms with van der Waals surface area (Å²) >= 11 is 6.42. The van der Waals surface area contributed by atoms with E-state index in [1.54, 1.807) is 6.20 Å². The molecule has 0 N–H and O–H groups in total. The van der Waals surface area contributed by atoms with Gasteiger partial charge in [0.15, 0.2) is 0 Å². The van der Waals surface area contributed by atoms with Gasteiger partial charge >= 0.3 is 0 Å². The molecule has 2 heterocycles. The maximum Gasteiger partial charge on any atom is 0.292 e. The summed E-state index contributed by atoms with van der Waals surface area (Å²) in [5.74, 6) is 0. The zero-order valence-electron chi connectivity index (χ0n) is 15.2. The molecule has 0 spiro atoms. The highest BCUT2D eigenvalue weighted by molar-refractivity contribution is 6.33. The van der Waals surface area contributed by atoms with E-state index in [1.807, 2.05) is 30.3 Å². The number of nitrogens with zero attached hydrogens (tertiary/aromatic N) is 4. The predicted molar refractivity (Wildman–Crippen MR) is 110 cm³/mol. The standard InChI is InChI=1S/C21H21ClN4O/c1-16-7-9-17(10-8-16)24-11-13-25(14-12-24)19-15-23-26(21(27)20(19)22)18-5-3-2-4-6-18/h2-10,15H,11-14H2,1H3. The number of para-hydroxylation sites is 1. The predicted octanol–water partition coefficient (Wildman–Crippen LogP) is 3.52. The first-order chi connectivity index (χ1) is 13.1. The number of benzene rings is 2. The number of hydrogen-bond acceptors (Lipinski definition) is 4. The molecular weight excluding hydrogens is 360 g/mol. The number of hydrogen-bond donors (Lipinski definition) is 0. The average Bonchev–Trinajstić information content (AvgIpc) is 2.71. The molecule has 6 heteroatoms. The molecule has 1 aliphatic heterocycles. The minimum Gasteiger partial charge on any atom is -0.368 e. The zero-order valence-corrected chi connectivity index (χ0v) is 15.9. The number of aromatic nitrogens is 2. The van der Waals surface area contributed by atoms with E-state index >= 15 is 0 Å². The highest BCUT2D eigenvalue weighted by Crippen LogP contribution is 2.25. The number of rotatable bonds is 3. The molecule has 1 aliphatic rings. The van der Waals surface area contributed by atoms with Crippen molar-refractivity contribution in [3.05, 3.63) is 81.7 Å². The molecule has 138 valence electrons. The van der Waals surface area contributed by atoms with Crippen molar-refractivity contribution in [1.29, 1.82) is 0 Å². The molecule has 0 aliphatic carbocycles. The van der Waals surface area contributed by atoms with Gasteiger partial charge in [-0.2, -0.15) is 9.78 Å². The van der Waals surface area contributed by atoms with Gasteiger partial charge in [-0.05, 0) is 31.2 Å². The summed E-state index contributed by atoms with van der Waals surface area (Å²) in [6.07, 6.45) is 1.69. The van der Waals surface area contributed by atoms with Crippen LogP contribution in [0.1, 0.15) is 5.56 Å². The Morgan fingerprint density at radius 1 is 0.852 bits per heavy atom. The van der Waals surface area contributed by atoms with E-state index in [-0.39, 0.29) is 10.6 Å². The minimum absolute atomic E-state index is 0.220. The van der Waals surface area contributed by atoms with Crippen LogP contribution in [0.2, 0.25) is 5.02 Å². The highest BCUT2D eigenvalue weighted by atomic mass is 35.5. The molecule has 0 amide bonds. The van der Waals surface area contributed by atoms with Gasteiger partial charge in [-0.15, -0.1) is 0 Å². The molecule has 2 aromatic carbocycles. The van der Waals surface area contributed by atoms with E-state index in [0.29, 0.717) is 11.4 Å². The Morgan fingerprint density at radius 2 is 1.48 bits per heavy atom. The van der Waals surface area contributed by atoms with E-state index in [0.717, 1.165) is 26.2 Å². The largest absolute Gasteiger partial charge is 0.368 e. The van der Waals surface area contributed by atoms with Crippen LogP contribution in [0.5, 0.6) is 0 Å². The molecule has 3 aromatic rings. The van der Waals surface area contributed by atoms with Gasteiger partial charge in [-0.1, -0.05) is 47.5 Å². The summed E-state index contributed by atoms with van der Waals surface area (Å²) in [6.45, 7) is 5.44. The van der Waals surface area contributed by atoms with Crippen molar-refractivity contribution in [1.82, 2.24) is 9.78 Å². The number of anilines is 2. The van der Waals surface area contributed by atoms with Gasteiger partial charge in [0.25, 0.3) is 5.56 Å². The second-order valence-corrected chi connectivity index (χ2v) is 7.08. The second kappa shape index (κ2) is 7.45. The normalized spacial score (nSPS) is 14.4. The van der Waals surface area contributed by atoms with Crippen LogP contribution >= 0.6 is 11.6 Å². The molecule has 0 bridgehead atoms. The third kappa shape index (κ3) is 3.55. The van der Waals surface area contributed by atoms with Crippen LogP contribution in [0, 0.1) is 6.92 Å². The molecule has 4 rings (SSSR count). The Bertz CT molecular complexity index is 977. The summed E-state index contributed by atoms with van der Waals surface area (Å²) in [6, 6.07) is 17.9. The van der Waals surface area contributed by atoms with Gasteiger partial charge in [0.2, 0.25) is 0 Å². The number of halogens is 1. The third-order valence-corrected chi connectivity index (χ3v) is 5.28. The molecule has 0 unspecified atom stereocenters. The zero-order chi connectivity index (χ0) is 18.8. The van der Waals surface area contributed by atoms with Gasteiger partial charge in [0.05, 0.1) is 17.6 Å². The van der Waals surface area contributed by atoms with Crippen molar-refractivity contribution < 1.29 is 0 Å². The highest BCUT2D eigenvalue weighted by Gasteiger charge is 2.21. The molecule has 27 heavy (non-hydrogen) atoms. The van der Waals surface area contributed by atoms with Crippen LogP contribution in [0.25, 0.3) is 5.69 Å². The lowest BCUT2D eigenvalue weighted by atomic mass is 10.2. The van der Waals surface area contributed by atoms with Crippen LogP contribution in [0.15, 0.2) is 65.6 Å². The van der Waals surface area contributed by atoms with Gasteiger partial charge in [-0.3, -0.25) is 4.79 Å². The fourth-order valence-corrected chi connectivity index (χ4v) is 3.61. The Hall–Kier alpha value is -2.79. The first-order valence-corrected chi connectivity index (χ1v) is 9.41. The van der Waals surface area contributed by atoms with Crippen molar-refractivity contribution in [2.75, 3.05) is 36.0 Å². The van der Waals surface area contributed by atoms with Gasteiger partial charge in [0.1, 0.15) is 5.02 Å². The minimum atomic E-state index is -0.290. The van der Waals surface area contributed by atoms with E-state index in [9.17, 15) is 4.79 Å². The monoisotopic (exact) mass is 380 g/mol. The summed E-state index contributed by atoms with van der Waals surface area (Å²) in [5, 5.41) is 4.56. The average molecular weight is 381 g/mol. The van der Waals surface area contributed by atoms with E-state index in [1.165, 1.54) is 15.9 Å². The summed E-state index contributed by atoms with van der Waals surface area (Å²) in [5.41, 5.74) is 3.61. The Kier molecular flexibility index (Phi) is 4.86. The Morgan fingerprint density at radius 3 is 2.15 bits per heavy atom. The fraction of sp³-hybridized carbons (Fsp3) is 0.238. The van der Waals surface area contributed by atoms with E-state index < -0.39 is 0 Å². The third-order valence-electron chi connectivity index (χ3n) is 4.92. The molecule has 0 saturated carbocycles. The quantitative estimate of drug-likeness (QED) is 0.697. The Labute approximate surface area is 163 Å². The van der Waals surface area contributed by atoms with Crippen LogP contribution in [-0.4, -0.2) is 36.0 Å². The first kappa shape index (κ1) is 17.6. The van der Waals surface area contributed by atoms with Crippen molar-refractivity contribution in [3.8, 4) is 5.69 Å². The van der Waals surface area contributed by atoms with Crippen molar-refractivity contribution >= 4 is 23.0 Å². The molecular formula is C21H21ClN4O. The molecule has 0 atom stereocenters. The SMILES string of the molecule is Cc1ccc(N2CCN(c3cnn(-c4ccccc4)c(=O)c3Cl)CC2)cc1. The van der Waals surface area contributed by atoms with Gasteiger partial charge in [0, 0.05) is 31.9 Å². The first-order valence-electron chi connectivity index (χ1n) is 9.03. The van der Waals surface area contributed by atoms with Crippen LogP contribution in [0.4, 0.5) is 11.4 Å². The van der Waals surface area contributed by atoms with Crippen molar-refractivity contribution in [2.24, 2.45) is 0 Å². The van der Waals surface area contributed by atoms with E-state index in [2.05, 4.69) is 46.1 Å². The molecule has 1 aromatic heterocycles. The lowest BCUT2D eigenvalue weighted by molar-refractivity contribution is 0.649. The van der Waals surface area contributed by atoms with E-state index in [4.69, 9.17) is 11.6 Å². The van der Waals surface area contributed by atoms with Crippen LogP contribution < -0.4 is 15.4 Å². The van der Waals surface area contributed by atoms with Gasteiger partial charge in [-0.25, -0.2) is 0 Å². The number of aryl methyl sites for hydroxylation is 1. The van der Waals surface area contributed by atoms with Crippen LogP contribution in [-0.2, 0) is 0 Å². The topological polar surface area (TPSA) is 41.4 Å². The lowest BCUT2D eigenvalue weighted by Crippen LogP contribution is -2.47. The lowest BCUT2D eigenvalue weighted by Gasteiger charge is -2.37. The summed E-state index contributed by atoms with van der Waals surface area (Å²) in [7, 11) is 0. The van der Waals surface area contributed by atoms with Gasteiger partial charge < -0.3 is 9.80 Å². The maximum absolute atomic E-state index is 12.7. The summed E-state index contributed by atoms with van der Waals surface area (Å²) in [4.78, 5) is 17.2. The molecule has 5 nitrogen and oxygen atoms in total. The number of piperazine rings is 1. The molecule has 1 saturated heterocycles. The summed E-state index contributed by atoms with van der Waals surface area (Å²) < 4.78 is 1.34. The van der Waals surface area contributed by atoms with Crippen molar-refractivity contribution in [3.63, 3.8) is 0 Å². The smallest absolute Gasteiger partial charge is 0.292 e. The second-order valence-electron chi connectivity index (χ2n) is 6.71. The fourth-order valence-electron chi connectivity index (χ4n) is 3.36. The van der Waals surface area contributed by atoms with Crippen molar-refractivity contribution in [2.45, 2.75) is 6.92 Å². The Balaban J connectivity index is 1.52. The molecule has 1 fully saturated rings.